The zero-order valence-electron chi connectivity index (χ0n) is 17.9. The van der Waals surface area contributed by atoms with Crippen LogP contribution in [0.2, 0.25) is 4.34 Å². The summed E-state index contributed by atoms with van der Waals surface area (Å²) in [4.78, 5) is 25.0. The molecule has 3 heterocycles. The number of benzene rings is 1. The lowest BCUT2D eigenvalue weighted by molar-refractivity contribution is -0.160. The number of amides is 1. The van der Waals surface area contributed by atoms with Crippen LogP contribution in [-0.4, -0.2) is 62.2 Å². The molecular formula is C22H26ClN5O3S. The summed E-state index contributed by atoms with van der Waals surface area (Å²) in [7, 11) is 0. The first-order valence-corrected chi connectivity index (χ1v) is 11.7. The number of piperazine rings is 1. The second kappa shape index (κ2) is 9.58. The molecule has 32 heavy (non-hydrogen) atoms. The van der Waals surface area contributed by atoms with E-state index in [0.717, 1.165) is 16.5 Å². The molecule has 3 atom stereocenters. The van der Waals surface area contributed by atoms with Crippen LogP contribution in [0.25, 0.3) is 10.9 Å². The summed E-state index contributed by atoms with van der Waals surface area (Å²) in [5, 5.41) is 12.6. The average Bonchev–Trinajstić information content (AvgIpc) is 3.20. The highest BCUT2D eigenvalue weighted by Gasteiger charge is 2.40. The van der Waals surface area contributed by atoms with Gasteiger partial charge in [-0.1, -0.05) is 35.9 Å². The minimum atomic E-state index is -0.796. The zero-order valence-corrected chi connectivity index (χ0v) is 19.5. The first kappa shape index (κ1) is 22.7. The maximum atomic E-state index is 12.9. The molecule has 2 aromatic heterocycles. The number of rotatable bonds is 6. The van der Waals surface area contributed by atoms with Crippen molar-refractivity contribution in [1.29, 1.82) is 0 Å². The molecular weight excluding hydrogens is 450 g/mol. The van der Waals surface area contributed by atoms with Gasteiger partial charge in [0.05, 0.1) is 15.9 Å². The monoisotopic (exact) mass is 475 g/mol. The van der Waals surface area contributed by atoms with E-state index in [4.69, 9.17) is 22.1 Å². The lowest BCUT2D eigenvalue weighted by Crippen LogP contribution is -2.64. The number of anilines is 1. The fourth-order valence-electron chi connectivity index (χ4n) is 4.16. The number of nitrogen functional groups attached to an aromatic ring is 1. The van der Waals surface area contributed by atoms with Crippen LogP contribution in [0.4, 0.5) is 5.82 Å². The lowest BCUT2D eigenvalue weighted by atomic mass is 10.0. The highest BCUT2D eigenvalue weighted by molar-refractivity contribution is 7.17. The van der Waals surface area contributed by atoms with E-state index in [9.17, 15) is 9.90 Å². The van der Waals surface area contributed by atoms with Gasteiger partial charge >= 0.3 is 0 Å². The van der Waals surface area contributed by atoms with E-state index in [2.05, 4.69) is 9.97 Å². The predicted molar refractivity (Wildman–Crippen MR) is 126 cm³/mol. The average molecular weight is 476 g/mol. The van der Waals surface area contributed by atoms with E-state index in [1.165, 1.54) is 17.7 Å². The summed E-state index contributed by atoms with van der Waals surface area (Å²) in [5.74, 6) is 0.296. The first-order valence-electron chi connectivity index (χ1n) is 10.5. The summed E-state index contributed by atoms with van der Waals surface area (Å²) >= 11 is 7.21. The van der Waals surface area contributed by atoms with Gasteiger partial charge in [0.2, 0.25) is 0 Å². The minimum Gasteiger partial charge on any atom is -0.474 e. The normalized spacial score (nSPS) is 21.8. The van der Waals surface area contributed by atoms with Crippen LogP contribution in [-0.2, 0) is 11.3 Å². The number of hydrogen-bond acceptors (Lipinski definition) is 8. The van der Waals surface area contributed by atoms with Gasteiger partial charge in [0.1, 0.15) is 18.4 Å². The van der Waals surface area contributed by atoms with Gasteiger partial charge in [-0.05, 0) is 43.2 Å². The Kier molecular flexibility index (Phi) is 6.80. The Labute approximate surface area is 195 Å². The molecule has 1 aromatic carbocycles. The second-order valence-corrected chi connectivity index (χ2v) is 9.59. The molecule has 1 saturated heterocycles. The molecule has 0 radical (unpaired) electrons. The molecule has 3 N–H and O–H groups in total. The summed E-state index contributed by atoms with van der Waals surface area (Å²) in [6.45, 7) is 4.93. The van der Waals surface area contributed by atoms with Crippen molar-refractivity contribution in [2.24, 2.45) is 0 Å². The number of carbonyl (C=O) groups is 1. The first-order chi connectivity index (χ1) is 15.4. The number of hydrogen-bond donors (Lipinski definition) is 2. The molecule has 3 aromatic rings. The van der Waals surface area contributed by atoms with Crippen molar-refractivity contribution < 1.29 is 14.6 Å². The Morgan fingerprint density at radius 3 is 2.88 bits per heavy atom. The molecule has 0 bridgehead atoms. The van der Waals surface area contributed by atoms with Gasteiger partial charge in [0.15, 0.2) is 11.7 Å². The Morgan fingerprint density at radius 2 is 2.16 bits per heavy atom. The van der Waals surface area contributed by atoms with Gasteiger partial charge < -0.3 is 20.5 Å². The van der Waals surface area contributed by atoms with E-state index >= 15 is 0 Å². The number of aromatic nitrogens is 2. The van der Waals surface area contributed by atoms with Crippen molar-refractivity contribution in [3.63, 3.8) is 0 Å². The van der Waals surface area contributed by atoms with E-state index in [1.54, 1.807) is 17.0 Å². The van der Waals surface area contributed by atoms with Gasteiger partial charge in [-0.15, -0.1) is 0 Å². The summed E-state index contributed by atoms with van der Waals surface area (Å²) in [6.07, 6.45) is 1.28. The molecule has 0 saturated carbocycles. The summed E-state index contributed by atoms with van der Waals surface area (Å²) < 4.78 is 6.21. The molecule has 1 fully saturated rings. The lowest BCUT2D eigenvalue weighted by Gasteiger charge is -2.48. The standard InChI is InChI=1S/C22H26ClN5O3S/c1-3-17-22(30)27(10-14-4-5-15-16(8-14)25-12-26-21(15)24)13(2)9-28(17)19(29)11-31-20-7-6-18(23)32-20/h4-8,12-13,17,22,30H,3,9-11H2,1-2H3,(H2,24,25,26)/t13?,17-,22?/m0/s1. The number of thiophene rings is 1. The van der Waals surface area contributed by atoms with E-state index in [1.807, 2.05) is 36.9 Å². The van der Waals surface area contributed by atoms with Crippen LogP contribution in [0.5, 0.6) is 5.06 Å². The number of aliphatic hydroxyl groups excluding tert-OH is 1. The molecule has 0 spiro atoms. The number of nitrogens with zero attached hydrogens (tertiary/aromatic N) is 4. The van der Waals surface area contributed by atoms with Crippen LogP contribution in [0.1, 0.15) is 25.8 Å². The number of ether oxygens (including phenoxy) is 1. The van der Waals surface area contributed by atoms with Crippen molar-refractivity contribution in [3.8, 4) is 5.06 Å². The third-order valence-corrected chi connectivity index (χ3v) is 6.98. The van der Waals surface area contributed by atoms with Crippen LogP contribution < -0.4 is 10.5 Å². The third-order valence-electron chi connectivity index (χ3n) is 5.83. The molecule has 10 heteroatoms. The molecule has 4 rings (SSSR count). The largest absolute Gasteiger partial charge is 0.474 e. The van der Waals surface area contributed by atoms with Crippen molar-refractivity contribution in [1.82, 2.24) is 19.8 Å². The van der Waals surface area contributed by atoms with E-state index in [-0.39, 0.29) is 24.6 Å². The number of fused-ring (bicyclic) bond motifs is 1. The molecule has 2 unspecified atom stereocenters. The minimum absolute atomic E-state index is 0.0425. The molecule has 8 nitrogen and oxygen atoms in total. The Hall–Kier alpha value is -2.46. The predicted octanol–water partition coefficient (Wildman–Crippen LogP) is 3.14. The molecule has 1 aliphatic rings. The Morgan fingerprint density at radius 1 is 1.34 bits per heavy atom. The third kappa shape index (κ3) is 4.66. The smallest absolute Gasteiger partial charge is 0.260 e. The quantitative estimate of drug-likeness (QED) is 0.564. The van der Waals surface area contributed by atoms with Crippen LogP contribution in [0.3, 0.4) is 0 Å². The Balaban J connectivity index is 1.46. The van der Waals surface area contributed by atoms with Crippen molar-refractivity contribution >= 4 is 45.6 Å². The van der Waals surface area contributed by atoms with Gasteiger partial charge in [0, 0.05) is 24.5 Å². The number of nitrogens with two attached hydrogens (primary N) is 1. The molecule has 170 valence electrons. The number of aliphatic hydroxyl groups is 1. The van der Waals surface area contributed by atoms with Gasteiger partial charge in [-0.2, -0.15) is 0 Å². The van der Waals surface area contributed by atoms with Crippen molar-refractivity contribution in [2.45, 2.75) is 45.1 Å². The zero-order chi connectivity index (χ0) is 22.8. The molecule has 1 amide bonds. The maximum Gasteiger partial charge on any atom is 0.260 e. The number of carbonyl (C=O) groups excluding carboxylic acids is 1. The van der Waals surface area contributed by atoms with Crippen LogP contribution in [0, 0.1) is 0 Å². The van der Waals surface area contributed by atoms with Gasteiger partial charge in [0.25, 0.3) is 5.91 Å². The summed E-state index contributed by atoms with van der Waals surface area (Å²) in [6, 6.07) is 8.95. The molecule has 1 aliphatic heterocycles. The summed E-state index contributed by atoms with van der Waals surface area (Å²) in [5.41, 5.74) is 7.70. The van der Waals surface area contributed by atoms with Crippen LogP contribution in [0.15, 0.2) is 36.7 Å². The maximum absolute atomic E-state index is 12.9. The fraction of sp³-hybridized carbons (Fsp3) is 0.409. The highest BCUT2D eigenvalue weighted by Crippen LogP contribution is 2.29. The highest BCUT2D eigenvalue weighted by atomic mass is 35.5. The second-order valence-electron chi connectivity index (χ2n) is 7.91. The van der Waals surface area contributed by atoms with Crippen molar-refractivity contribution in [2.75, 3.05) is 18.9 Å². The SMILES string of the molecule is CC[C@H]1C(O)N(Cc2ccc3c(N)ncnc3c2)C(C)CN1C(=O)COc1ccc(Cl)s1. The van der Waals surface area contributed by atoms with Crippen molar-refractivity contribution in [3.05, 3.63) is 46.6 Å². The van der Waals surface area contributed by atoms with Crippen LogP contribution >= 0.6 is 22.9 Å². The number of halogens is 1. The van der Waals surface area contributed by atoms with E-state index < -0.39 is 6.23 Å². The van der Waals surface area contributed by atoms with Gasteiger partial charge in [-0.3, -0.25) is 9.69 Å². The van der Waals surface area contributed by atoms with Gasteiger partial charge in [-0.25, -0.2) is 9.97 Å². The fourth-order valence-corrected chi connectivity index (χ4v) is 5.03. The Bertz CT molecular complexity index is 1110. The molecule has 0 aliphatic carbocycles. The van der Waals surface area contributed by atoms with E-state index in [0.29, 0.717) is 34.7 Å². The topological polar surface area (TPSA) is 105 Å².